The maximum absolute atomic E-state index is 14.3. The molecule has 0 radical (unpaired) electrons. The van der Waals surface area contributed by atoms with E-state index in [0.717, 1.165) is 53.7 Å². The highest BCUT2D eigenvalue weighted by atomic mass is 19.1. The van der Waals surface area contributed by atoms with Crippen LogP contribution in [0, 0.1) is 18.7 Å². The summed E-state index contributed by atoms with van der Waals surface area (Å²) in [5, 5.41) is 9.43. The van der Waals surface area contributed by atoms with Gasteiger partial charge in [0.2, 0.25) is 0 Å². The fourth-order valence-corrected chi connectivity index (χ4v) is 5.18. The molecule has 170 valence electrons. The number of aliphatic carboxylic acids is 1. The van der Waals surface area contributed by atoms with E-state index in [1.807, 2.05) is 37.3 Å². The van der Waals surface area contributed by atoms with Crippen LogP contribution in [0.4, 0.5) is 4.39 Å². The zero-order valence-electron chi connectivity index (χ0n) is 18.9. The lowest BCUT2D eigenvalue weighted by Gasteiger charge is -2.34. The molecular weight excluding hydrogens is 415 g/mol. The minimum absolute atomic E-state index is 0.0500. The van der Waals surface area contributed by atoms with Gasteiger partial charge in [0.25, 0.3) is 0 Å². The van der Waals surface area contributed by atoms with E-state index >= 15 is 0 Å². The number of carboxylic acid groups (broad SMARTS) is 1. The summed E-state index contributed by atoms with van der Waals surface area (Å²) in [5.41, 5.74) is 5.82. The van der Waals surface area contributed by atoms with Gasteiger partial charge >= 0.3 is 5.97 Å². The second-order valence-electron chi connectivity index (χ2n) is 9.51. The Morgan fingerprint density at radius 2 is 1.85 bits per heavy atom. The number of halogens is 1. The van der Waals surface area contributed by atoms with Gasteiger partial charge in [-0.1, -0.05) is 54.4 Å². The fourth-order valence-electron chi connectivity index (χ4n) is 5.18. The van der Waals surface area contributed by atoms with E-state index in [1.54, 1.807) is 6.07 Å². The van der Waals surface area contributed by atoms with E-state index in [4.69, 9.17) is 4.74 Å². The van der Waals surface area contributed by atoms with E-state index in [-0.39, 0.29) is 24.3 Å². The fraction of sp³-hybridized carbons (Fsp3) is 0.345. The Labute approximate surface area is 194 Å². The topological polar surface area (TPSA) is 46.5 Å². The first-order chi connectivity index (χ1) is 16.0. The largest absolute Gasteiger partial charge is 0.485 e. The van der Waals surface area contributed by atoms with Gasteiger partial charge in [0.1, 0.15) is 17.7 Å². The van der Waals surface area contributed by atoms with Gasteiger partial charge in [-0.2, -0.15) is 0 Å². The zero-order chi connectivity index (χ0) is 22.9. The van der Waals surface area contributed by atoms with Crippen molar-refractivity contribution in [1.29, 1.82) is 0 Å². The third kappa shape index (κ3) is 4.52. The molecule has 33 heavy (non-hydrogen) atoms. The molecule has 0 aromatic heterocycles. The molecule has 1 N–H and O–H groups in total. The van der Waals surface area contributed by atoms with Crippen molar-refractivity contribution in [3.63, 3.8) is 0 Å². The van der Waals surface area contributed by atoms with Gasteiger partial charge in [0, 0.05) is 5.56 Å². The molecule has 0 amide bonds. The van der Waals surface area contributed by atoms with E-state index in [0.29, 0.717) is 11.5 Å². The number of hydrogen-bond acceptors (Lipinski definition) is 2. The molecular formula is C29H29FO3. The number of carboxylic acids is 1. The van der Waals surface area contributed by atoms with Gasteiger partial charge in [-0.05, 0) is 84.9 Å². The molecule has 3 aromatic carbocycles. The summed E-state index contributed by atoms with van der Waals surface area (Å²) < 4.78 is 20.7. The highest BCUT2D eigenvalue weighted by molar-refractivity contribution is 5.68. The van der Waals surface area contributed by atoms with Crippen LogP contribution in [0.5, 0.6) is 5.75 Å². The van der Waals surface area contributed by atoms with E-state index in [2.05, 4.69) is 18.2 Å². The van der Waals surface area contributed by atoms with Crippen molar-refractivity contribution in [1.82, 2.24) is 0 Å². The van der Waals surface area contributed by atoms with E-state index < -0.39 is 5.97 Å². The maximum atomic E-state index is 14.3. The minimum Gasteiger partial charge on any atom is -0.485 e. The molecule has 3 nitrogen and oxygen atoms in total. The van der Waals surface area contributed by atoms with Crippen LogP contribution in [0.3, 0.4) is 0 Å². The average Bonchev–Trinajstić information content (AvgIpc) is 2.78. The number of carbonyl (C=O) groups is 1. The highest BCUT2D eigenvalue weighted by Crippen LogP contribution is 2.44. The lowest BCUT2D eigenvalue weighted by Crippen LogP contribution is -2.23. The molecule has 1 fully saturated rings. The SMILES string of the molecule is Cc1ccc(F)c(-c2ccc(C3CCc4ccc([C@H](CC(=O)O)C5CCC5)cc4O3)cc2)c1. The first-order valence-corrected chi connectivity index (χ1v) is 11.9. The molecule has 0 saturated heterocycles. The van der Waals surface area contributed by atoms with Crippen LogP contribution in [0.1, 0.15) is 66.4 Å². The van der Waals surface area contributed by atoms with Crippen LogP contribution in [-0.2, 0) is 11.2 Å². The number of fused-ring (bicyclic) bond motifs is 1. The van der Waals surface area contributed by atoms with Gasteiger partial charge < -0.3 is 9.84 Å². The molecule has 5 rings (SSSR count). The summed E-state index contributed by atoms with van der Waals surface area (Å²) in [7, 11) is 0. The van der Waals surface area contributed by atoms with Crippen LogP contribution < -0.4 is 4.74 Å². The lowest BCUT2D eigenvalue weighted by molar-refractivity contribution is -0.138. The third-order valence-electron chi connectivity index (χ3n) is 7.29. The molecule has 0 bridgehead atoms. The molecule has 2 atom stereocenters. The van der Waals surface area contributed by atoms with Gasteiger partial charge in [0.15, 0.2) is 0 Å². The standard InChI is InChI=1S/C29H29FO3/c1-18-5-13-26(30)25(15-18)20-6-8-21(9-7-20)27-14-12-22-10-11-23(16-28(22)33-27)24(17-29(31)32)19-3-2-4-19/h5-11,13,15-16,19,24,27H,2-4,12,14,17H2,1H3,(H,31,32)/t24-,27?/m1/s1. The summed E-state index contributed by atoms with van der Waals surface area (Å²) in [4.78, 5) is 11.5. The zero-order valence-corrected chi connectivity index (χ0v) is 18.9. The number of ether oxygens (including phenoxy) is 1. The van der Waals surface area contributed by atoms with Crippen molar-refractivity contribution >= 4 is 5.97 Å². The predicted octanol–water partition coefficient (Wildman–Crippen LogP) is 7.23. The van der Waals surface area contributed by atoms with Crippen molar-refractivity contribution in [2.45, 2.75) is 57.5 Å². The van der Waals surface area contributed by atoms with Crippen molar-refractivity contribution in [2.24, 2.45) is 5.92 Å². The first-order valence-electron chi connectivity index (χ1n) is 11.9. The number of hydrogen-bond donors (Lipinski definition) is 1. The summed E-state index contributed by atoms with van der Waals surface area (Å²) >= 11 is 0. The van der Waals surface area contributed by atoms with Crippen LogP contribution in [0.25, 0.3) is 11.1 Å². The van der Waals surface area contributed by atoms with Crippen molar-refractivity contribution in [3.8, 4) is 16.9 Å². The molecule has 0 spiro atoms. The van der Waals surface area contributed by atoms with Crippen LogP contribution in [0.2, 0.25) is 0 Å². The van der Waals surface area contributed by atoms with Crippen LogP contribution in [0.15, 0.2) is 60.7 Å². The summed E-state index contributed by atoms with van der Waals surface area (Å²) in [6.07, 6.45) is 5.30. The Kier molecular flexibility index (Phi) is 5.92. The molecule has 1 unspecified atom stereocenters. The molecule has 1 aliphatic carbocycles. The van der Waals surface area contributed by atoms with E-state index in [9.17, 15) is 14.3 Å². The van der Waals surface area contributed by atoms with Gasteiger partial charge in [-0.25, -0.2) is 4.39 Å². The number of benzene rings is 3. The third-order valence-corrected chi connectivity index (χ3v) is 7.29. The highest BCUT2D eigenvalue weighted by Gasteiger charge is 2.31. The molecule has 2 aliphatic rings. The monoisotopic (exact) mass is 444 g/mol. The van der Waals surface area contributed by atoms with E-state index in [1.165, 1.54) is 18.1 Å². The van der Waals surface area contributed by atoms with Gasteiger partial charge in [-0.3, -0.25) is 4.79 Å². The summed E-state index contributed by atoms with van der Waals surface area (Å²) in [5.74, 6) is 0.411. The summed E-state index contributed by atoms with van der Waals surface area (Å²) in [6.45, 7) is 1.96. The first kappa shape index (κ1) is 21.7. The smallest absolute Gasteiger partial charge is 0.303 e. The number of rotatable bonds is 6. The van der Waals surface area contributed by atoms with Crippen LogP contribution >= 0.6 is 0 Å². The lowest BCUT2D eigenvalue weighted by atomic mass is 9.71. The second kappa shape index (κ2) is 9.01. The minimum atomic E-state index is -0.742. The Bertz CT molecular complexity index is 1160. The molecule has 3 aromatic rings. The van der Waals surface area contributed by atoms with Crippen LogP contribution in [-0.4, -0.2) is 11.1 Å². The Hall–Kier alpha value is -3.14. The maximum Gasteiger partial charge on any atom is 0.303 e. The number of aryl methyl sites for hydroxylation is 2. The van der Waals surface area contributed by atoms with Gasteiger partial charge in [0.05, 0.1) is 6.42 Å². The van der Waals surface area contributed by atoms with Crippen molar-refractivity contribution in [2.75, 3.05) is 0 Å². The quantitative estimate of drug-likeness (QED) is 0.436. The van der Waals surface area contributed by atoms with Gasteiger partial charge in [-0.15, -0.1) is 0 Å². The Morgan fingerprint density at radius 3 is 2.55 bits per heavy atom. The molecule has 1 aliphatic heterocycles. The Morgan fingerprint density at radius 1 is 1.06 bits per heavy atom. The Balaban J connectivity index is 1.36. The second-order valence-corrected chi connectivity index (χ2v) is 9.51. The molecule has 1 saturated carbocycles. The molecule has 4 heteroatoms. The van der Waals surface area contributed by atoms with Crippen molar-refractivity contribution < 1.29 is 19.0 Å². The summed E-state index contributed by atoms with van der Waals surface area (Å²) in [6, 6.07) is 19.4. The molecule has 1 heterocycles. The predicted molar refractivity (Wildman–Crippen MR) is 127 cm³/mol. The average molecular weight is 445 g/mol. The van der Waals surface area contributed by atoms with Crippen molar-refractivity contribution in [3.05, 3.63) is 88.7 Å². The normalized spacial score (nSPS) is 18.7.